The van der Waals surface area contributed by atoms with Gasteiger partial charge in [0.1, 0.15) is 18.0 Å². The number of ether oxygens (including phenoxy) is 2. The SMILES string of the molecule is CCOc1cc(/C=C2\C(=O)NC(=O)N(c3ccc(F)cc3)C2=O)c(Br)cc1OCc1ccccc1Cl. The molecule has 4 amide bonds. The molecule has 0 aromatic heterocycles. The summed E-state index contributed by atoms with van der Waals surface area (Å²) in [6, 6.07) is 14.4. The van der Waals surface area contributed by atoms with Crippen molar-refractivity contribution in [1.29, 1.82) is 0 Å². The first kappa shape index (κ1) is 25.4. The Morgan fingerprint density at radius 1 is 1.03 bits per heavy atom. The van der Waals surface area contributed by atoms with Gasteiger partial charge in [0.15, 0.2) is 11.5 Å². The number of halogens is 3. The molecule has 36 heavy (non-hydrogen) atoms. The van der Waals surface area contributed by atoms with Crippen molar-refractivity contribution in [3.63, 3.8) is 0 Å². The molecule has 0 unspecified atom stereocenters. The molecular weight excluding hydrogens is 555 g/mol. The van der Waals surface area contributed by atoms with Gasteiger partial charge in [-0.2, -0.15) is 0 Å². The van der Waals surface area contributed by atoms with Crippen LogP contribution < -0.4 is 19.7 Å². The third-order valence-electron chi connectivity index (χ3n) is 5.19. The maximum atomic E-state index is 13.3. The number of nitrogens with zero attached hydrogens (tertiary/aromatic N) is 1. The standard InChI is InChI=1S/C26H19BrClFN2O5/c1-2-35-22-12-16(20(27)13-23(22)36-14-15-5-3-4-6-21(15)28)11-19-24(32)30-26(34)31(25(19)33)18-9-7-17(29)8-10-18/h3-13H,2,14H2,1H3,(H,30,32,34)/b19-11+. The molecule has 3 aromatic rings. The lowest BCUT2D eigenvalue weighted by molar-refractivity contribution is -0.122. The highest BCUT2D eigenvalue weighted by Gasteiger charge is 2.37. The molecule has 1 N–H and O–H groups in total. The highest BCUT2D eigenvalue weighted by molar-refractivity contribution is 9.10. The molecule has 10 heteroatoms. The molecule has 0 atom stereocenters. The van der Waals surface area contributed by atoms with E-state index in [1.54, 1.807) is 18.2 Å². The van der Waals surface area contributed by atoms with Gasteiger partial charge in [0.05, 0.1) is 12.3 Å². The molecule has 1 fully saturated rings. The van der Waals surface area contributed by atoms with E-state index in [4.69, 9.17) is 21.1 Å². The Hall–Kier alpha value is -3.69. The summed E-state index contributed by atoms with van der Waals surface area (Å²) in [5, 5.41) is 2.71. The molecule has 0 radical (unpaired) electrons. The molecule has 0 saturated carbocycles. The molecule has 1 aliphatic heterocycles. The summed E-state index contributed by atoms with van der Waals surface area (Å²) in [7, 11) is 0. The fourth-order valence-corrected chi connectivity index (χ4v) is 4.08. The third kappa shape index (κ3) is 5.42. The van der Waals surface area contributed by atoms with E-state index in [1.807, 2.05) is 25.1 Å². The minimum atomic E-state index is -0.925. The van der Waals surface area contributed by atoms with Crippen LogP contribution in [0.2, 0.25) is 5.02 Å². The van der Waals surface area contributed by atoms with Crippen LogP contribution in [0.4, 0.5) is 14.9 Å². The molecular formula is C26H19BrClFN2O5. The first-order valence-corrected chi connectivity index (χ1v) is 11.9. The number of urea groups is 1. The van der Waals surface area contributed by atoms with Crippen LogP contribution in [0.25, 0.3) is 6.08 Å². The number of carbonyl (C=O) groups excluding carboxylic acids is 3. The Morgan fingerprint density at radius 2 is 1.72 bits per heavy atom. The van der Waals surface area contributed by atoms with Crippen molar-refractivity contribution in [1.82, 2.24) is 5.32 Å². The summed E-state index contributed by atoms with van der Waals surface area (Å²) in [4.78, 5) is 38.8. The number of anilines is 1. The van der Waals surface area contributed by atoms with E-state index in [-0.39, 0.29) is 17.9 Å². The number of imide groups is 2. The summed E-state index contributed by atoms with van der Waals surface area (Å²) in [5.74, 6) is -1.42. The van der Waals surface area contributed by atoms with Crippen LogP contribution in [0, 0.1) is 5.82 Å². The van der Waals surface area contributed by atoms with Crippen LogP contribution in [0.1, 0.15) is 18.1 Å². The minimum Gasteiger partial charge on any atom is -0.490 e. The molecule has 1 saturated heterocycles. The highest BCUT2D eigenvalue weighted by Crippen LogP contribution is 2.36. The maximum Gasteiger partial charge on any atom is 0.335 e. The number of hydrogen-bond acceptors (Lipinski definition) is 5. The molecule has 0 bridgehead atoms. The van der Waals surface area contributed by atoms with Crippen LogP contribution >= 0.6 is 27.5 Å². The van der Waals surface area contributed by atoms with E-state index >= 15 is 0 Å². The van der Waals surface area contributed by atoms with E-state index in [0.29, 0.717) is 33.2 Å². The maximum absolute atomic E-state index is 13.3. The summed E-state index contributed by atoms with van der Waals surface area (Å²) in [6.07, 6.45) is 1.34. The first-order chi connectivity index (χ1) is 17.3. The zero-order valence-electron chi connectivity index (χ0n) is 18.9. The van der Waals surface area contributed by atoms with Crippen LogP contribution in [-0.4, -0.2) is 24.5 Å². The van der Waals surface area contributed by atoms with Gasteiger partial charge in [-0.3, -0.25) is 14.9 Å². The van der Waals surface area contributed by atoms with E-state index < -0.39 is 23.7 Å². The minimum absolute atomic E-state index is 0.120. The van der Waals surface area contributed by atoms with Gasteiger partial charge in [0.25, 0.3) is 11.8 Å². The average Bonchev–Trinajstić information content (AvgIpc) is 2.84. The summed E-state index contributed by atoms with van der Waals surface area (Å²) in [5.41, 5.74) is 1.07. The molecule has 0 spiro atoms. The zero-order chi connectivity index (χ0) is 25.8. The summed E-state index contributed by atoms with van der Waals surface area (Å²) >= 11 is 9.66. The smallest absolute Gasteiger partial charge is 0.335 e. The van der Waals surface area contributed by atoms with Crippen LogP contribution in [0.15, 0.2) is 70.7 Å². The molecule has 7 nitrogen and oxygen atoms in total. The van der Waals surface area contributed by atoms with Crippen molar-refractivity contribution in [3.8, 4) is 11.5 Å². The number of benzene rings is 3. The lowest BCUT2D eigenvalue weighted by atomic mass is 10.1. The molecule has 4 rings (SSSR count). The fourth-order valence-electron chi connectivity index (χ4n) is 3.45. The van der Waals surface area contributed by atoms with Crippen molar-refractivity contribution in [2.45, 2.75) is 13.5 Å². The number of nitrogens with one attached hydrogen (secondary N) is 1. The Bertz CT molecular complexity index is 1380. The number of amides is 4. The topological polar surface area (TPSA) is 84.9 Å². The molecule has 1 aliphatic rings. The monoisotopic (exact) mass is 572 g/mol. The Morgan fingerprint density at radius 3 is 2.42 bits per heavy atom. The van der Waals surface area contributed by atoms with Gasteiger partial charge in [0.2, 0.25) is 0 Å². The molecule has 1 heterocycles. The first-order valence-electron chi connectivity index (χ1n) is 10.8. The van der Waals surface area contributed by atoms with Crippen molar-refractivity contribution >= 4 is 57.1 Å². The van der Waals surface area contributed by atoms with Gasteiger partial charge in [-0.25, -0.2) is 14.1 Å². The Labute approximate surface area is 219 Å². The number of hydrogen-bond donors (Lipinski definition) is 1. The van der Waals surface area contributed by atoms with Crippen LogP contribution in [0.5, 0.6) is 11.5 Å². The van der Waals surface area contributed by atoms with E-state index in [2.05, 4.69) is 21.2 Å². The largest absolute Gasteiger partial charge is 0.490 e. The van der Waals surface area contributed by atoms with Gasteiger partial charge < -0.3 is 9.47 Å². The second-order valence-corrected chi connectivity index (χ2v) is 8.83. The lowest BCUT2D eigenvalue weighted by Gasteiger charge is -2.26. The second-order valence-electron chi connectivity index (χ2n) is 7.57. The fraction of sp³-hybridized carbons (Fsp3) is 0.115. The summed E-state index contributed by atoms with van der Waals surface area (Å²) < 4.78 is 25.5. The van der Waals surface area contributed by atoms with E-state index in [9.17, 15) is 18.8 Å². The predicted molar refractivity (Wildman–Crippen MR) is 136 cm³/mol. The van der Waals surface area contributed by atoms with Crippen molar-refractivity contribution in [3.05, 3.63) is 92.7 Å². The van der Waals surface area contributed by atoms with Gasteiger partial charge in [-0.05, 0) is 61.0 Å². The molecule has 184 valence electrons. The summed E-state index contributed by atoms with van der Waals surface area (Å²) in [6.45, 7) is 2.34. The van der Waals surface area contributed by atoms with E-state index in [0.717, 1.165) is 22.6 Å². The number of rotatable bonds is 7. The van der Waals surface area contributed by atoms with Crippen LogP contribution in [-0.2, 0) is 16.2 Å². The lowest BCUT2D eigenvalue weighted by Crippen LogP contribution is -2.54. The van der Waals surface area contributed by atoms with Gasteiger partial charge in [0, 0.05) is 15.1 Å². The van der Waals surface area contributed by atoms with Crippen molar-refractivity contribution in [2.75, 3.05) is 11.5 Å². The normalized spacial score (nSPS) is 14.7. The zero-order valence-corrected chi connectivity index (χ0v) is 21.2. The van der Waals surface area contributed by atoms with Crippen LogP contribution in [0.3, 0.4) is 0 Å². The van der Waals surface area contributed by atoms with E-state index in [1.165, 1.54) is 18.2 Å². The number of barbiturate groups is 1. The van der Waals surface area contributed by atoms with Crippen molar-refractivity contribution in [2.24, 2.45) is 0 Å². The quantitative estimate of drug-likeness (QED) is 0.282. The average molecular weight is 574 g/mol. The molecule has 0 aliphatic carbocycles. The second kappa shape index (κ2) is 10.9. The predicted octanol–water partition coefficient (Wildman–Crippen LogP) is 5.89. The van der Waals surface area contributed by atoms with Crippen molar-refractivity contribution < 1.29 is 28.2 Å². The van der Waals surface area contributed by atoms with Gasteiger partial charge in [-0.1, -0.05) is 45.7 Å². The highest BCUT2D eigenvalue weighted by atomic mass is 79.9. The molecule has 3 aromatic carbocycles. The number of carbonyl (C=O) groups is 3. The Kier molecular flexibility index (Phi) is 7.71. The van der Waals surface area contributed by atoms with Gasteiger partial charge in [-0.15, -0.1) is 0 Å². The third-order valence-corrected chi connectivity index (χ3v) is 6.25. The Balaban J connectivity index is 1.67. The van der Waals surface area contributed by atoms with Gasteiger partial charge >= 0.3 is 6.03 Å².